The van der Waals surface area contributed by atoms with E-state index in [4.69, 9.17) is 0 Å². The smallest absolute Gasteiger partial charge is 0.315 e. The number of carbonyl (C=O) groups is 3. The van der Waals surface area contributed by atoms with Gasteiger partial charge in [0.05, 0.1) is 6.54 Å². The fraction of sp³-hybridized carbons (Fsp3) is 0.591. The van der Waals surface area contributed by atoms with Crippen LogP contribution in [0.1, 0.15) is 61.6 Å². The van der Waals surface area contributed by atoms with Crippen molar-refractivity contribution in [1.82, 2.24) is 16.0 Å². The first kappa shape index (κ1) is 22.7. The molecule has 0 saturated heterocycles. The Labute approximate surface area is 173 Å². The van der Waals surface area contributed by atoms with Gasteiger partial charge in [0.25, 0.3) is 0 Å². The Morgan fingerprint density at radius 3 is 2.24 bits per heavy atom. The summed E-state index contributed by atoms with van der Waals surface area (Å²) in [6.45, 7) is 6.28. The van der Waals surface area contributed by atoms with Crippen molar-refractivity contribution in [3.05, 3.63) is 28.8 Å². The molecule has 4 N–H and O–H groups in total. The zero-order valence-electron chi connectivity index (χ0n) is 17.8. The molecular formula is C22H34N4O3. The highest BCUT2D eigenvalue weighted by atomic mass is 16.2. The van der Waals surface area contributed by atoms with Crippen molar-refractivity contribution in [3.8, 4) is 0 Å². The second-order valence-electron chi connectivity index (χ2n) is 7.94. The van der Waals surface area contributed by atoms with Gasteiger partial charge in [-0.25, -0.2) is 4.79 Å². The maximum Gasteiger partial charge on any atom is 0.315 e. The minimum atomic E-state index is -0.251. The maximum atomic E-state index is 12.1. The van der Waals surface area contributed by atoms with Crippen molar-refractivity contribution in [2.75, 3.05) is 18.4 Å². The lowest BCUT2D eigenvalue weighted by Gasteiger charge is -2.22. The largest absolute Gasteiger partial charge is 0.347 e. The van der Waals surface area contributed by atoms with Gasteiger partial charge >= 0.3 is 6.03 Å². The summed E-state index contributed by atoms with van der Waals surface area (Å²) in [5, 5.41) is 11.3. The van der Waals surface area contributed by atoms with Crippen molar-refractivity contribution in [3.63, 3.8) is 0 Å². The van der Waals surface area contributed by atoms with E-state index < -0.39 is 0 Å². The van der Waals surface area contributed by atoms with Crippen LogP contribution in [-0.2, 0) is 9.59 Å². The van der Waals surface area contributed by atoms with Gasteiger partial charge in [-0.3, -0.25) is 9.59 Å². The van der Waals surface area contributed by atoms with Crippen molar-refractivity contribution < 1.29 is 14.4 Å². The second-order valence-corrected chi connectivity index (χ2v) is 7.94. The average molecular weight is 403 g/mol. The lowest BCUT2D eigenvalue weighted by Crippen LogP contribution is -2.43. The minimum Gasteiger partial charge on any atom is -0.347 e. The molecule has 4 amide bonds. The number of rotatable bonds is 8. The number of urea groups is 1. The molecule has 0 atom stereocenters. The van der Waals surface area contributed by atoms with Crippen LogP contribution in [0.5, 0.6) is 0 Å². The minimum absolute atomic E-state index is 0.0683. The highest BCUT2D eigenvalue weighted by Gasteiger charge is 2.15. The number of hydrogen-bond donors (Lipinski definition) is 4. The highest BCUT2D eigenvalue weighted by molar-refractivity contribution is 5.95. The third kappa shape index (κ3) is 8.13. The molecule has 0 bridgehead atoms. The number of nitrogens with one attached hydrogen (secondary N) is 4. The van der Waals surface area contributed by atoms with Gasteiger partial charge in [-0.15, -0.1) is 0 Å². The van der Waals surface area contributed by atoms with E-state index in [0.29, 0.717) is 13.0 Å². The Hall–Kier alpha value is -2.57. The first-order chi connectivity index (χ1) is 13.8. The van der Waals surface area contributed by atoms with E-state index in [1.165, 1.54) is 19.3 Å². The number of amides is 4. The molecule has 1 aromatic rings. The van der Waals surface area contributed by atoms with Crippen molar-refractivity contribution in [2.24, 2.45) is 0 Å². The van der Waals surface area contributed by atoms with Gasteiger partial charge in [-0.1, -0.05) is 37.0 Å². The first-order valence-corrected chi connectivity index (χ1v) is 10.5. The Kier molecular flexibility index (Phi) is 8.96. The lowest BCUT2D eigenvalue weighted by molar-refractivity contribution is -0.124. The predicted octanol–water partition coefficient (Wildman–Crippen LogP) is 3.08. The van der Waals surface area contributed by atoms with E-state index in [1.807, 2.05) is 32.9 Å². The topological polar surface area (TPSA) is 99.3 Å². The maximum absolute atomic E-state index is 12.1. The van der Waals surface area contributed by atoms with E-state index in [9.17, 15) is 14.4 Å². The van der Waals surface area contributed by atoms with Crippen LogP contribution < -0.4 is 21.3 Å². The Morgan fingerprint density at radius 1 is 0.931 bits per heavy atom. The molecule has 160 valence electrons. The van der Waals surface area contributed by atoms with Gasteiger partial charge in [0, 0.05) is 24.7 Å². The molecule has 0 aromatic heterocycles. The molecule has 0 unspecified atom stereocenters. The van der Waals surface area contributed by atoms with Crippen molar-refractivity contribution in [2.45, 2.75) is 71.8 Å². The van der Waals surface area contributed by atoms with E-state index in [1.54, 1.807) is 0 Å². The molecule has 1 saturated carbocycles. The Bertz CT molecular complexity index is 704. The second kappa shape index (κ2) is 11.4. The molecule has 0 radical (unpaired) electrons. The number of benzene rings is 1. The summed E-state index contributed by atoms with van der Waals surface area (Å²) < 4.78 is 0. The summed E-state index contributed by atoms with van der Waals surface area (Å²) in [7, 11) is 0. The van der Waals surface area contributed by atoms with Crippen LogP contribution in [0.25, 0.3) is 0 Å². The van der Waals surface area contributed by atoms with E-state index >= 15 is 0 Å². The van der Waals surface area contributed by atoms with Gasteiger partial charge in [0.15, 0.2) is 0 Å². The Morgan fingerprint density at radius 2 is 1.59 bits per heavy atom. The van der Waals surface area contributed by atoms with E-state index in [2.05, 4.69) is 21.3 Å². The quantitative estimate of drug-likeness (QED) is 0.503. The molecule has 1 aliphatic rings. The molecule has 1 aliphatic carbocycles. The molecule has 0 aliphatic heterocycles. The lowest BCUT2D eigenvalue weighted by atomic mass is 9.96. The van der Waals surface area contributed by atoms with Crippen LogP contribution in [0.3, 0.4) is 0 Å². The predicted molar refractivity (Wildman–Crippen MR) is 115 cm³/mol. The monoisotopic (exact) mass is 402 g/mol. The highest BCUT2D eigenvalue weighted by Crippen LogP contribution is 2.21. The van der Waals surface area contributed by atoms with Crippen LogP contribution in [0.2, 0.25) is 0 Å². The summed E-state index contributed by atoms with van der Waals surface area (Å²) in [6, 6.07) is 4.13. The number of aryl methyl sites for hydroxylation is 3. The Balaban J connectivity index is 1.59. The molecule has 1 aromatic carbocycles. The van der Waals surface area contributed by atoms with Gasteiger partial charge in [-0.05, 0) is 51.2 Å². The van der Waals surface area contributed by atoms with Crippen LogP contribution in [0.4, 0.5) is 10.5 Å². The van der Waals surface area contributed by atoms with Crippen LogP contribution in [0.15, 0.2) is 12.1 Å². The molecule has 7 heteroatoms. The van der Waals surface area contributed by atoms with Gasteiger partial charge in [0.1, 0.15) is 0 Å². The normalized spacial score (nSPS) is 14.2. The fourth-order valence-corrected chi connectivity index (χ4v) is 3.76. The molecular weight excluding hydrogens is 368 g/mol. The van der Waals surface area contributed by atoms with Gasteiger partial charge < -0.3 is 21.3 Å². The molecule has 1 fully saturated rings. The molecule has 0 heterocycles. The number of carbonyl (C=O) groups excluding carboxylic acids is 3. The summed E-state index contributed by atoms with van der Waals surface area (Å²) in [6.07, 6.45) is 6.46. The first-order valence-electron chi connectivity index (χ1n) is 10.5. The van der Waals surface area contributed by atoms with E-state index in [0.717, 1.165) is 35.2 Å². The van der Waals surface area contributed by atoms with E-state index in [-0.39, 0.29) is 36.9 Å². The molecule has 2 rings (SSSR count). The SMILES string of the molecule is Cc1cc(C)c(NC(=O)CNC(=O)CCCNC(=O)NC2CCCCC2)c(C)c1. The summed E-state index contributed by atoms with van der Waals surface area (Å²) in [5.41, 5.74) is 3.94. The van der Waals surface area contributed by atoms with Crippen molar-refractivity contribution in [1.29, 1.82) is 0 Å². The third-order valence-corrected chi connectivity index (χ3v) is 5.19. The summed E-state index contributed by atoms with van der Waals surface area (Å²) in [4.78, 5) is 35.9. The zero-order chi connectivity index (χ0) is 21.2. The average Bonchev–Trinajstić information content (AvgIpc) is 2.67. The fourth-order valence-electron chi connectivity index (χ4n) is 3.76. The van der Waals surface area contributed by atoms with Gasteiger partial charge in [-0.2, -0.15) is 0 Å². The van der Waals surface area contributed by atoms with Crippen LogP contribution in [0, 0.1) is 20.8 Å². The number of anilines is 1. The third-order valence-electron chi connectivity index (χ3n) is 5.19. The van der Waals surface area contributed by atoms with Crippen LogP contribution in [-0.4, -0.2) is 37.0 Å². The molecule has 29 heavy (non-hydrogen) atoms. The number of hydrogen-bond acceptors (Lipinski definition) is 3. The molecule has 0 spiro atoms. The zero-order valence-corrected chi connectivity index (χ0v) is 17.8. The molecule has 7 nitrogen and oxygen atoms in total. The van der Waals surface area contributed by atoms with Crippen LogP contribution >= 0.6 is 0 Å². The van der Waals surface area contributed by atoms with Crippen molar-refractivity contribution >= 4 is 23.5 Å². The standard InChI is InChI=1S/C22H34N4O3/c1-15-12-16(2)21(17(3)13-15)26-20(28)14-24-19(27)10-7-11-23-22(29)25-18-8-5-4-6-9-18/h12-13,18H,4-11,14H2,1-3H3,(H,24,27)(H,26,28)(H2,23,25,29). The van der Waals surface area contributed by atoms with Gasteiger partial charge in [0.2, 0.25) is 11.8 Å². The summed E-state index contributed by atoms with van der Waals surface area (Å²) in [5.74, 6) is -0.453. The summed E-state index contributed by atoms with van der Waals surface area (Å²) >= 11 is 0.